The third-order valence-electron chi connectivity index (χ3n) is 2.76. The van der Waals surface area contributed by atoms with E-state index in [1.165, 1.54) is 18.2 Å². The molecule has 0 bridgehead atoms. The predicted octanol–water partition coefficient (Wildman–Crippen LogP) is 2.88. The highest BCUT2D eigenvalue weighted by Crippen LogP contribution is 2.18. The zero-order chi connectivity index (χ0) is 16.1. The Morgan fingerprint density at radius 2 is 1.95 bits per heavy atom. The molecule has 2 rings (SSSR count). The largest absolute Gasteiger partial charge is 0.350 e. The molecule has 2 N–H and O–H groups in total. The predicted molar refractivity (Wildman–Crippen MR) is 78.8 cm³/mol. The maximum absolute atomic E-state index is 13.5. The fraction of sp³-hybridized carbons (Fsp3) is 0.267. The lowest BCUT2D eigenvalue weighted by atomic mass is 10.2. The van der Waals surface area contributed by atoms with Gasteiger partial charge in [0, 0.05) is 12.6 Å². The Morgan fingerprint density at radius 1 is 1.18 bits per heavy atom. The smallest absolute Gasteiger partial charge is 0.271 e. The van der Waals surface area contributed by atoms with Crippen molar-refractivity contribution in [2.45, 2.75) is 13.8 Å². The first-order chi connectivity index (χ1) is 10.5. The SMILES string of the molecule is CC(C)CNC(=O)c1ccc(Nc2ccc(F)cc2F)nn1. The van der Waals surface area contributed by atoms with Gasteiger partial charge in [0.1, 0.15) is 11.6 Å². The summed E-state index contributed by atoms with van der Waals surface area (Å²) < 4.78 is 26.3. The summed E-state index contributed by atoms with van der Waals surface area (Å²) in [6.45, 7) is 4.51. The van der Waals surface area contributed by atoms with E-state index in [9.17, 15) is 13.6 Å². The van der Waals surface area contributed by atoms with Crippen LogP contribution in [0.1, 0.15) is 24.3 Å². The number of anilines is 2. The van der Waals surface area contributed by atoms with E-state index in [-0.39, 0.29) is 23.1 Å². The fourth-order valence-electron chi connectivity index (χ4n) is 1.64. The minimum atomic E-state index is -0.736. The van der Waals surface area contributed by atoms with Crippen molar-refractivity contribution < 1.29 is 13.6 Å². The van der Waals surface area contributed by atoms with Crippen molar-refractivity contribution in [2.75, 3.05) is 11.9 Å². The van der Waals surface area contributed by atoms with E-state index in [1.807, 2.05) is 13.8 Å². The van der Waals surface area contributed by atoms with Gasteiger partial charge in [-0.3, -0.25) is 4.79 Å². The number of aromatic nitrogens is 2. The Bertz CT molecular complexity index is 659. The van der Waals surface area contributed by atoms with Gasteiger partial charge in [-0.2, -0.15) is 0 Å². The van der Waals surface area contributed by atoms with Crippen LogP contribution in [0, 0.1) is 17.6 Å². The van der Waals surface area contributed by atoms with Crippen LogP contribution in [0.5, 0.6) is 0 Å². The maximum atomic E-state index is 13.5. The summed E-state index contributed by atoms with van der Waals surface area (Å²) in [7, 11) is 0. The van der Waals surface area contributed by atoms with Crippen LogP contribution in [0.4, 0.5) is 20.3 Å². The molecule has 1 amide bonds. The van der Waals surface area contributed by atoms with Crippen LogP contribution >= 0.6 is 0 Å². The van der Waals surface area contributed by atoms with E-state index in [0.717, 1.165) is 12.1 Å². The first-order valence-corrected chi connectivity index (χ1v) is 6.79. The number of nitrogens with zero attached hydrogens (tertiary/aromatic N) is 2. The minimum absolute atomic E-state index is 0.0766. The lowest BCUT2D eigenvalue weighted by molar-refractivity contribution is 0.0943. The summed E-state index contributed by atoms with van der Waals surface area (Å²) >= 11 is 0. The Labute approximate surface area is 126 Å². The standard InChI is InChI=1S/C15H16F2N4O/c1-9(2)8-18-15(22)13-5-6-14(21-20-13)19-12-4-3-10(16)7-11(12)17/h3-7,9H,8H2,1-2H3,(H,18,22)(H,19,21). The van der Waals surface area contributed by atoms with E-state index in [0.29, 0.717) is 12.5 Å². The molecular weight excluding hydrogens is 290 g/mol. The molecule has 1 heterocycles. The second kappa shape index (κ2) is 6.93. The summed E-state index contributed by atoms with van der Waals surface area (Å²) in [6, 6.07) is 6.14. The first-order valence-electron chi connectivity index (χ1n) is 6.79. The van der Waals surface area contributed by atoms with Gasteiger partial charge >= 0.3 is 0 Å². The summed E-state index contributed by atoms with van der Waals surface area (Å²) in [4.78, 5) is 11.8. The highest BCUT2D eigenvalue weighted by Gasteiger charge is 2.09. The van der Waals surface area contributed by atoms with E-state index >= 15 is 0 Å². The van der Waals surface area contributed by atoms with Crippen molar-refractivity contribution in [2.24, 2.45) is 5.92 Å². The number of hydrogen-bond donors (Lipinski definition) is 2. The molecule has 0 spiro atoms. The molecule has 1 aromatic carbocycles. The number of halogens is 2. The summed E-state index contributed by atoms with van der Waals surface area (Å²) in [6.07, 6.45) is 0. The molecule has 22 heavy (non-hydrogen) atoms. The summed E-state index contributed by atoms with van der Waals surface area (Å²) in [5, 5.41) is 13.0. The van der Waals surface area contributed by atoms with Crippen molar-refractivity contribution in [3.63, 3.8) is 0 Å². The Kier molecular flexibility index (Phi) is 4.98. The van der Waals surface area contributed by atoms with Crippen LogP contribution < -0.4 is 10.6 Å². The van der Waals surface area contributed by atoms with Gasteiger partial charge in [0.2, 0.25) is 0 Å². The number of carbonyl (C=O) groups is 1. The number of benzene rings is 1. The molecule has 7 heteroatoms. The fourth-order valence-corrected chi connectivity index (χ4v) is 1.64. The molecule has 0 atom stereocenters. The molecule has 0 aliphatic heterocycles. The molecular formula is C15H16F2N4O. The average Bonchev–Trinajstić information content (AvgIpc) is 2.48. The van der Waals surface area contributed by atoms with Crippen LogP contribution in [-0.4, -0.2) is 22.6 Å². The average molecular weight is 306 g/mol. The maximum Gasteiger partial charge on any atom is 0.271 e. The lowest BCUT2D eigenvalue weighted by Crippen LogP contribution is -2.28. The molecule has 5 nitrogen and oxygen atoms in total. The number of amides is 1. The molecule has 0 fully saturated rings. The Balaban J connectivity index is 2.04. The van der Waals surface area contributed by atoms with Crippen LogP contribution in [0.3, 0.4) is 0 Å². The van der Waals surface area contributed by atoms with Crippen LogP contribution in [0.15, 0.2) is 30.3 Å². The first kappa shape index (κ1) is 15.8. The van der Waals surface area contributed by atoms with Gasteiger partial charge in [-0.25, -0.2) is 8.78 Å². The third kappa shape index (κ3) is 4.21. The Morgan fingerprint density at radius 3 is 2.55 bits per heavy atom. The second-order valence-electron chi connectivity index (χ2n) is 5.16. The van der Waals surface area contributed by atoms with Crippen molar-refractivity contribution in [3.05, 3.63) is 47.7 Å². The monoisotopic (exact) mass is 306 g/mol. The normalized spacial score (nSPS) is 10.6. The molecule has 0 unspecified atom stereocenters. The van der Waals surface area contributed by atoms with Gasteiger partial charge in [-0.15, -0.1) is 10.2 Å². The van der Waals surface area contributed by atoms with Crippen LogP contribution in [-0.2, 0) is 0 Å². The third-order valence-corrected chi connectivity index (χ3v) is 2.76. The number of hydrogen-bond acceptors (Lipinski definition) is 4. The van der Waals surface area contributed by atoms with Gasteiger partial charge in [-0.1, -0.05) is 13.8 Å². The van der Waals surface area contributed by atoms with E-state index < -0.39 is 11.6 Å². The van der Waals surface area contributed by atoms with Crippen molar-refractivity contribution in [3.8, 4) is 0 Å². The highest BCUT2D eigenvalue weighted by molar-refractivity contribution is 5.92. The summed E-state index contributed by atoms with van der Waals surface area (Å²) in [5.74, 6) is -1.13. The quantitative estimate of drug-likeness (QED) is 0.891. The van der Waals surface area contributed by atoms with Gasteiger partial charge in [0.05, 0.1) is 5.69 Å². The van der Waals surface area contributed by atoms with Crippen LogP contribution in [0.25, 0.3) is 0 Å². The van der Waals surface area contributed by atoms with Gasteiger partial charge in [-0.05, 0) is 30.2 Å². The van der Waals surface area contributed by atoms with Gasteiger partial charge in [0.25, 0.3) is 5.91 Å². The molecule has 1 aromatic heterocycles. The van der Waals surface area contributed by atoms with E-state index in [2.05, 4.69) is 20.8 Å². The van der Waals surface area contributed by atoms with Gasteiger partial charge < -0.3 is 10.6 Å². The molecule has 2 aromatic rings. The molecule has 0 radical (unpaired) electrons. The number of carbonyl (C=O) groups excluding carboxylic acids is 1. The van der Waals surface area contributed by atoms with Gasteiger partial charge in [0.15, 0.2) is 11.5 Å². The second-order valence-corrected chi connectivity index (χ2v) is 5.16. The lowest BCUT2D eigenvalue weighted by Gasteiger charge is -2.08. The Hall–Kier alpha value is -2.57. The zero-order valence-electron chi connectivity index (χ0n) is 12.2. The summed E-state index contributed by atoms with van der Waals surface area (Å²) in [5.41, 5.74) is 0.249. The molecule has 0 saturated carbocycles. The molecule has 116 valence electrons. The number of rotatable bonds is 5. The highest BCUT2D eigenvalue weighted by atomic mass is 19.1. The minimum Gasteiger partial charge on any atom is -0.350 e. The number of nitrogens with one attached hydrogen (secondary N) is 2. The van der Waals surface area contributed by atoms with E-state index in [4.69, 9.17) is 0 Å². The zero-order valence-corrected chi connectivity index (χ0v) is 12.2. The van der Waals surface area contributed by atoms with Crippen molar-refractivity contribution in [1.82, 2.24) is 15.5 Å². The molecule has 0 aliphatic carbocycles. The van der Waals surface area contributed by atoms with E-state index in [1.54, 1.807) is 0 Å². The molecule has 0 saturated heterocycles. The van der Waals surface area contributed by atoms with Crippen molar-refractivity contribution in [1.29, 1.82) is 0 Å². The van der Waals surface area contributed by atoms with Crippen LogP contribution in [0.2, 0.25) is 0 Å². The molecule has 0 aliphatic rings. The topological polar surface area (TPSA) is 66.9 Å². The van der Waals surface area contributed by atoms with Crippen molar-refractivity contribution >= 4 is 17.4 Å².